The molecule has 0 aliphatic heterocycles. The third-order valence-corrected chi connectivity index (χ3v) is 3.88. The maximum absolute atomic E-state index is 11.7. The van der Waals surface area contributed by atoms with E-state index in [1.807, 2.05) is 0 Å². The van der Waals surface area contributed by atoms with Crippen LogP contribution in [0.5, 0.6) is 23.0 Å². The zero-order valence-electron chi connectivity index (χ0n) is 14.7. The molecule has 0 heterocycles. The Morgan fingerprint density at radius 1 is 0.893 bits per heavy atom. The van der Waals surface area contributed by atoms with Gasteiger partial charge in [0.05, 0.1) is 36.7 Å². The van der Waals surface area contributed by atoms with Crippen LogP contribution in [0, 0.1) is 0 Å². The number of carbonyl (C=O) groups is 1. The lowest BCUT2D eigenvalue weighted by Crippen LogP contribution is -2.28. The van der Waals surface area contributed by atoms with Gasteiger partial charge in [-0.2, -0.15) is 10.2 Å². The molecule has 0 atom stereocenters. The molecule has 0 aromatic heterocycles. The van der Waals surface area contributed by atoms with Gasteiger partial charge in [0.2, 0.25) is 0 Å². The summed E-state index contributed by atoms with van der Waals surface area (Å²) in [4.78, 5) is 11.7. The molecule has 148 valence electrons. The van der Waals surface area contributed by atoms with Crippen molar-refractivity contribution in [1.29, 1.82) is 0 Å². The van der Waals surface area contributed by atoms with Crippen molar-refractivity contribution in [3.63, 3.8) is 0 Å². The first-order valence-corrected chi connectivity index (χ1v) is 8.36. The number of carbonyl (C=O) groups excluding carboxylic acids is 1. The first-order valence-electron chi connectivity index (χ1n) is 7.60. The van der Waals surface area contributed by atoms with Crippen molar-refractivity contribution in [1.82, 2.24) is 10.9 Å². The Labute approximate surface area is 170 Å². The largest absolute Gasteiger partial charge is 0.503 e. The molecule has 0 saturated carbocycles. The van der Waals surface area contributed by atoms with E-state index in [1.54, 1.807) is 0 Å². The van der Waals surface area contributed by atoms with Gasteiger partial charge in [-0.15, -0.1) is 0 Å². The number of halogens is 2. The molecule has 0 spiro atoms. The van der Waals surface area contributed by atoms with Gasteiger partial charge in [-0.3, -0.25) is 0 Å². The molecule has 0 aliphatic carbocycles. The number of rotatable bonds is 6. The Kier molecular flexibility index (Phi) is 7.30. The third-order valence-electron chi connectivity index (χ3n) is 3.30. The Bertz CT molecular complexity index is 861. The molecular weight excluding hydrogens is 411 g/mol. The van der Waals surface area contributed by atoms with E-state index in [0.29, 0.717) is 11.1 Å². The molecule has 0 fully saturated rings. The number of urea groups is 1. The highest BCUT2D eigenvalue weighted by molar-refractivity contribution is 6.32. The lowest BCUT2D eigenvalue weighted by atomic mass is 10.2. The number of hydrogen-bond acceptors (Lipinski definition) is 7. The lowest BCUT2D eigenvalue weighted by molar-refractivity contribution is 0.242. The molecule has 11 heteroatoms. The Hall–Kier alpha value is -3.17. The van der Waals surface area contributed by atoms with E-state index in [0.717, 1.165) is 0 Å². The minimum atomic E-state index is -0.707. The molecule has 9 nitrogen and oxygen atoms in total. The fourth-order valence-corrected chi connectivity index (χ4v) is 2.44. The molecule has 4 N–H and O–H groups in total. The SMILES string of the molecule is COc1cc(C=NNC(=O)NN=Cc2cc(Cl)c(O)c(OC)c2)cc(Cl)c1O. The number of amides is 2. The molecule has 0 aliphatic rings. The molecule has 0 bridgehead atoms. The molecule has 28 heavy (non-hydrogen) atoms. The molecule has 2 aromatic rings. The summed E-state index contributed by atoms with van der Waals surface area (Å²) < 4.78 is 9.94. The number of ether oxygens (including phenoxy) is 2. The van der Waals surface area contributed by atoms with E-state index in [9.17, 15) is 15.0 Å². The first-order chi connectivity index (χ1) is 13.3. The van der Waals surface area contributed by atoms with Gasteiger partial charge >= 0.3 is 6.03 Å². The smallest absolute Gasteiger partial charge is 0.355 e. The van der Waals surface area contributed by atoms with E-state index in [2.05, 4.69) is 21.1 Å². The van der Waals surface area contributed by atoms with Crippen LogP contribution in [0.3, 0.4) is 0 Å². The van der Waals surface area contributed by atoms with Crippen molar-refractivity contribution in [3.8, 4) is 23.0 Å². The van der Waals surface area contributed by atoms with Crippen molar-refractivity contribution in [3.05, 3.63) is 45.4 Å². The number of aromatic hydroxyl groups is 2. The van der Waals surface area contributed by atoms with E-state index in [-0.39, 0.29) is 33.0 Å². The monoisotopic (exact) mass is 426 g/mol. The van der Waals surface area contributed by atoms with E-state index in [4.69, 9.17) is 32.7 Å². The highest BCUT2D eigenvalue weighted by Crippen LogP contribution is 2.35. The molecule has 2 rings (SSSR count). The van der Waals surface area contributed by atoms with Crippen LogP contribution in [0.15, 0.2) is 34.5 Å². The minimum absolute atomic E-state index is 0.0813. The van der Waals surface area contributed by atoms with Crippen molar-refractivity contribution >= 4 is 41.7 Å². The fourth-order valence-electron chi connectivity index (χ4n) is 2.00. The van der Waals surface area contributed by atoms with Crippen LogP contribution in [-0.4, -0.2) is 42.9 Å². The highest BCUT2D eigenvalue weighted by Gasteiger charge is 2.09. The quantitative estimate of drug-likeness (QED) is 0.417. The van der Waals surface area contributed by atoms with E-state index < -0.39 is 6.03 Å². The van der Waals surface area contributed by atoms with Crippen LogP contribution in [0.1, 0.15) is 11.1 Å². The second-order valence-electron chi connectivity index (χ2n) is 5.18. The van der Waals surface area contributed by atoms with Gasteiger partial charge in [0.15, 0.2) is 23.0 Å². The highest BCUT2D eigenvalue weighted by atomic mass is 35.5. The van der Waals surface area contributed by atoms with Gasteiger partial charge in [-0.25, -0.2) is 15.6 Å². The van der Waals surface area contributed by atoms with Gasteiger partial charge in [-0.1, -0.05) is 23.2 Å². The topological polar surface area (TPSA) is 125 Å². The van der Waals surface area contributed by atoms with Gasteiger partial charge < -0.3 is 19.7 Å². The number of nitrogens with one attached hydrogen (secondary N) is 2. The van der Waals surface area contributed by atoms with Crippen molar-refractivity contribution in [2.75, 3.05) is 14.2 Å². The van der Waals surface area contributed by atoms with Crippen LogP contribution in [0.25, 0.3) is 0 Å². The van der Waals surface area contributed by atoms with Crippen LogP contribution < -0.4 is 20.3 Å². The first kappa shape index (κ1) is 21.1. The molecular formula is C17H16Cl2N4O5. The van der Waals surface area contributed by atoms with Crippen molar-refractivity contribution in [2.45, 2.75) is 0 Å². The Morgan fingerprint density at radius 2 is 1.29 bits per heavy atom. The van der Waals surface area contributed by atoms with Gasteiger partial charge in [0.1, 0.15) is 0 Å². The van der Waals surface area contributed by atoms with E-state index >= 15 is 0 Å². The number of hydrazone groups is 2. The predicted octanol–water partition coefficient (Wildman–Crippen LogP) is 3.09. The number of hydrogen-bond donors (Lipinski definition) is 4. The normalized spacial score (nSPS) is 11.0. The third kappa shape index (κ3) is 5.41. The maximum Gasteiger partial charge on any atom is 0.355 e. The number of benzene rings is 2. The van der Waals surface area contributed by atoms with Crippen molar-refractivity contribution in [2.24, 2.45) is 10.2 Å². The van der Waals surface area contributed by atoms with Crippen molar-refractivity contribution < 1.29 is 24.5 Å². The zero-order valence-corrected chi connectivity index (χ0v) is 16.2. The van der Waals surface area contributed by atoms with E-state index in [1.165, 1.54) is 50.9 Å². The summed E-state index contributed by atoms with van der Waals surface area (Å²) in [6, 6.07) is 5.17. The molecule has 2 aromatic carbocycles. The summed E-state index contributed by atoms with van der Waals surface area (Å²) in [5, 5.41) is 27.0. The van der Waals surface area contributed by atoms with Gasteiger partial charge in [0, 0.05) is 0 Å². The molecule has 0 radical (unpaired) electrons. The Morgan fingerprint density at radius 3 is 1.64 bits per heavy atom. The zero-order chi connectivity index (χ0) is 20.7. The number of nitrogens with zero attached hydrogens (tertiary/aromatic N) is 2. The fraction of sp³-hybridized carbons (Fsp3) is 0.118. The summed E-state index contributed by atoms with van der Waals surface area (Å²) in [6.07, 6.45) is 2.61. The predicted molar refractivity (Wildman–Crippen MR) is 106 cm³/mol. The van der Waals surface area contributed by atoms with Crippen LogP contribution >= 0.6 is 23.2 Å². The van der Waals surface area contributed by atoms with Crippen LogP contribution in [-0.2, 0) is 0 Å². The molecule has 0 saturated heterocycles. The van der Waals surface area contributed by atoms with Gasteiger partial charge in [0.25, 0.3) is 0 Å². The summed E-state index contributed by atoms with van der Waals surface area (Å²) in [6.45, 7) is 0. The van der Waals surface area contributed by atoms with Crippen LogP contribution in [0.2, 0.25) is 10.0 Å². The number of phenols is 2. The summed E-state index contributed by atoms with van der Waals surface area (Å²) >= 11 is 11.7. The van der Waals surface area contributed by atoms with Crippen LogP contribution in [0.4, 0.5) is 4.79 Å². The average molecular weight is 427 g/mol. The molecule has 0 unspecified atom stereocenters. The second kappa shape index (κ2) is 9.67. The summed E-state index contributed by atoms with van der Waals surface area (Å²) in [5.74, 6) is -0.0309. The summed E-state index contributed by atoms with van der Waals surface area (Å²) in [7, 11) is 2.76. The average Bonchev–Trinajstić information content (AvgIpc) is 2.67. The maximum atomic E-state index is 11.7. The second-order valence-corrected chi connectivity index (χ2v) is 5.99. The molecule has 2 amide bonds. The number of methoxy groups -OCH3 is 2. The lowest BCUT2D eigenvalue weighted by Gasteiger charge is -2.06. The standard InChI is InChI=1S/C17H16Cl2N4O5/c1-27-13-5-9(3-11(18)15(13)24)7-20-22-17(26)23-21-8-10-4-12(19)16(25)14(6-10)28-2/h3-8,24-25H,1-2H3,(H2,22,23,26). The Balaban J connectivity index is 1.94. The summed E-state index contributed by atoms with van der Waals surface area (Å²) in [5.41, 5.74) is 5.39. The van der Waals surface area contributed by atoms with Gasteiger partial charge in [-0.05, 0) is 35.4 Å². The minimum Gasteiger partial charge on any atom is -0.503 e. The number of phenolic OH excluding ortho intramolecular Hbond substituents is 2.